The van der Waals surface area contributed by atoms with Gasteiger partial charge in [-0.1, -0.05) is 0 Å². The molecule has 0 amide bonds. The second-order valence-corrected chi connectivity index (χ2v) is 3.02. The molecule has 4 nitrogen and oxygen atoms in total. The van der Waals surface area contributed by atoms with Gasteiger partial charge in [0.2, 0.25) is 0 Å². The van der Waals surface area contributed by atoms with Crippen LogP contribution in [0.15, 0.2) is 12.2 Å². The van der Waals surface area contributed by atoms with Gasteiger partial charge in [0.15, 0.2) is 0 Å². The van der Waals surface area contributed by atoms with Crippen molar-refractivity contribution >= 4 is 11.9 Å². The van der Waals surface area contributed by atoms with Crippen LogP contribution < -0.4 is 0 Å². The number of hydrogen-bond donors (Lipinski definition) is 0. The molecule has 0 saturated carbocycles. The summed E-state index contributed by atoms with van der Waals surface area (Å²) in [5.41, 5.74) is 0. The van der Waals surface area contributed by atoms with Crippen molar-refractivity contribution in [1.82, 2.24) is 0 Å². The third-order valence-electron chi connectivity index (χ3n) is 1.65. The first-order valence-electron chi connectivity index (χ1n) is 5.51. The molecule has 0 aromatic rings. The first kappa shape index (κ1) is 15.8. The fraction of sp³-hybridized carbons (Fsp3) is 0.429. The molecule has 0 heterocycles. The van der Waals surface area contributed by atoms with Crippen LogP contribution >= 0.6 is 0 Å². The zero-order valence-corrected chi connectivity index (χ0v) is 10.6. The molecule has 0 aliphatic carbocycles. The second-order valence-electron chi connectivity index (χ2n) is 3.02. The minimum absolute atomic E-state index is 0.213. The van der Waals surface area contributed by atoms with Gasteiger partial charge in [-0.05, 0) is 13.8 Å². The van der Waals surface area contributed by atoms with Crippen molar-refractivity contribution in [2.45, 2.75) is 26.7 Å². The van der Waals surface area contributed by atoms with E-state index in [-0.39, 0.29) is 13.2 Å². The first-order valence-corrected chi connectivity index (χ1v) is 5.51. The van der Waals surface area contributed by atoms with E-state index in [1.54, 1.807) is 13.8 Å². The van der Waals surface area contributed by atoms with E-state index in [1.165, 1.54) is 0 Å². The molecule has 0 rings (SSSR count). The maximum Gasteiger partial charge on any atom is 0.331 e. The Morgan fingerprint density at radius 3 is 1.61 bits per heavy atom. The average Bonchev–Trinajstić information content (AvgIpc) is 2.37. The highest BCUT2D eigenvalue weighted by Gasteiger charge is 1.99. The maximum atomic E-state index is 11.1. The molecule has 0 spiro atoms. The summed E-state index contributed by atoms with van der Waals surface area (Å²) in [7, 11) is 0. The monoisotopic (exact) mass is 248 g/mol. The quantitative estimate of drug-likeness (QED) is 0.309. The highest BCUT2D eigenvalue weighted by molar-refractivity contribution is 5.91. The lowest BCUT2D eigenvalue weighted by Crippen LogP contribution is -2.05. The summed E-state index contributed by atoms with van der Waals surface area (Å²) < 4.78 is 9.56. The molecular weight excluding hydrogens is 232 g/mol. The molecule has 0 atom stereocenters. The van der Waals surface area contributed by atoms with Crippen LogP contribution in [-0.2, 0) is 19.1 Å². The lowest BCUT2D eigenvalue weighted by Gasteiger charge is -1.98. The van der Waals surface area contributed by atoms with E-state index in [9.17, 15) is 9.59 Å². The van der Waals surface area contributed by atoms with Crippen molar-refractivity contribution in [3.05, 3.63) is 12.2 Å². The van der Waals surface area contributed by atoms with E-state index < -0.39 is 11.9 Å². The van der Waals surface area contributed by atoms with Crippen LogP contribution in [0.2, 0.25) is 0 Å². The number of ether oxygens (including phenoxy) is 2. The van der Waals surface area contributed by atoms with Crippen LogP contribution in [0.25, 0.3) is 0 Å². The maximum absolute atomic E-state index is 11.1. The van der Waals surface area contributed by atoms with E-state index in [0.29, 0.717) is 12.8 Å². The smallest absolute Gasteiger partial charge is 0.331 e. The Kier molecular flexibility index (Phi) is 9.91. The van der Waals surface area contributed by atoms with E-state index in [4.69, 9.17) is 9.47 Å². The van der Waals surface area contributed by atoms with Crippen LogP contribution in [0.5, 0.6) is 0 Å². The van der Waals surface area contributed by atoms with Gasteiger partial charge in [0.05, 0.1) is 0 Å². The predicted molar refractivity (Wildman–Crippen MR) is 67.2 cm³/mol. The second kappa shape index (κ2) is 11.3. The third-order valence-corrected chi connectivity index (χ3v) is 1.65. The molecule has 0 N–H and O–H groups in total. The fourth-order valence-corrected chi connectivity index (χ4v) is 0.888. The molecule has 0 radical (unpaired) electrons. The SMILES string of the molecule is CC#CCCOC(=O)C=CC(=O)OCCC#CC. The summed E-state index contributed by atoms with van der Waals surface area (Å²) in [5.74, 6) is 9.70. The summed E-state index contributed by atoms with van der Waals surface area (Å²) in [6.07, 6.45) is 3.03. The summed E-state index contributed by atoms with van der Waals surface area (Å²) in [4.78, 5) is 22.2. The average molecular weight is 248 g/mol. The predicted octanol–water partition coefficient (Wildman–Crippen LogP) is 1.46. The van der Waals surface area contributed by atoms with Gasteiger partial charge in [0.1, 0.15) is 13.2 Å². The van der Waals surface area contributed by atoms with Crippen LogP contribution in [0.4, 0.5) is 0 Å². The molecular formula is C14H16O4. The minimum Gasteiger partial charge on any atom is -0.462 e. The Morgan fingerprint density at radius 2 is 1.28 bits per heavy atom. The molecule has 0 bridgehead atoms. The van der Waals surface area contributed by atoms with Crippen LogP contribution in [0, 0.1) is 23.7 Å². The highest BCUT2D eigenvalue weighted by Crippen LogP contribution is 1.88. The Labute approximate surface area is 107 Å². The van der Waals surface area contributed by atoms with E-state index >= 15 is 0 Å². The van der Waals surface area contributed by atoms with Gasteiger partial charge in [-0.2, -0.15) is 0 Å². The van der Waals surface area contributed by atoms with Crippen LogP contribution in [0.3, 0.4) is 0 Å². The Balaban J connectivity index is 3.75. The van der Waals surface area contributed by atoms with E-state index in [1.807, 2.05) is 0 Å². The number of carbonyl (C=O) groups is 2. The molecule has 0 aliphatic heterocycles. The Morgan fingerprint density at radius 1 is 0.889 bits per heavy atom. The summed E-state index contributed by atoms with van der Waals surface area (Å²) in [6, 6.07) is 0. The number of rotatable bonds is 6. The summed E-state index contributed by atoms with van der Waals surface area (Å²) >= 11 is 0. The molecule has 0 aliphatic rings. The van der Waals surface area contributed by atoms with Gasteiger partial charge < -0.3 is 9.47 Å². The number of carbonyl (C=O) groups excluding carboxylic acids is 2. The number of esters is 2. The van der Waals surface area contributed by atoms with Crippen molar-refractivity contribution in [3.8, 4) is 23.7 Å². The first-order chi connectivity index (χ1) is 8.70. The van der Waals surface area contributed by atoms with Crippen LogP contribution in [0.1, 0.15) is 26.7 Å². The normalized spacial score (nSPS) is 8.78. The van der Waals surface area contributed by atoms with Gasteiger partial charge >= 0.3 is 11.9 Å². The van der Waals surface area contributed by atoms with Crippen molar-refractivity contribution in [3.63, 3.8) is 0 Å². The highest BCUT2D eigenvalue weighted by atomic mass is 16.5. The van der Waals surface area contributed by atoms with Gasteiger partial charge in [-0.3, -0.25) is 0 Å². The molecule has 0 unspecified atom stereocenters. The fourth-order valence-electron chi connectivity index (χ4n) is 0.888. The molecule has 18 heavy (non-hydrogen) atoms. The molecule has 0 aromatic heterocycles. The van der Waals surface area contributed by atoms with Gasteiger partial charge in [-0.15, -0.1) is 23.7 Å². The molecule has 0 aromatic carbocycles. The van der Waals surface area contributed by atoms with Crippen molar-refractivity contribution in [1.29, 1.82) is 0 Å². The van der Waals surface area contributed by atoms with Crippen molar-refractivity contribution < 1.29 is 19.1 Å². The Hall–Kier alpha value is -2.20. The lowest BCUT2D eigenvalue weighted by molar-refractivity contribution is -0.140. The zero-order valence-electron chi connectivity index (χ0n) is 10.6. The van der Waals surface area contributed by atoms with Crippen molar-refractivity contribution in [2.75, 3.05) is 13.2 Å². The standard InChI is InChI=1S/C14H16O4/c1-3-5-7-11-17-13(15)9-10-14(16)18-12-8-6-4-2/h9-10H,7-8,11-12H2,1-2H3. The summed E-state index contributed by atoms with van der Waals surface area (Å²) in [6.45, 7) is 3.84. The molecule has 0 saturated heterocycles. The van der Waals surface area contributed by atoms with Gasteiger partial charge in [-0.25, -0.2) is 9.59 Å². The van der Waals surface area contributed by atoms with Crippen molar-refractivity contribution in [2.24, 2.45) is 0 Å². The Bertz CT molecular complexity index is 373. The van der Waals surface area contributed by atoms with E-state index in [2.05, 4.69) is 23.7 Å². The minimum atomic E-state index is -0.585. The number of hydrogen-bond acceptors (Lipinski definition) is 4. The lowest BCUT2D eigenvalue weighted by atomic mass is 10.4. The molecule has 4 heteroatoms. The van der Waals surface area contributed by atoms with Crippen LogP contribution in [-0.4, -0.2) is 25.2 Å². The topological polar surface area (TPSA) is 52.6 Å². The van der Waals surface area contributed by atoms with E-state index in [0.717, 1.165) is 12.2 Å². The third kappa shape index (κ3) is 10.3. The zero-order chi connectivity index (χ0) is 13.6. The molecule has 96 valence electrons. The van der Waals surface area contributed by atoms with Gasteiger partial charge in [0.25, 0.3) is 0 Å². The molecule has 0 fully saturated rings. The van der Waals surface area contributed by atoms with Gasteiger partial charge in [0, 0.05) is 25.0 Å². The largest absolute Gasteiger partial charge is 0.462 e. The summed E-state index contributed by atoms with van der Waals surface area (Å²) in [5, 5.41) is 0.